The Bertz CT molecular complexity index is 225. The number of nitrogens with one attached hydrogen (secondary N) is 1. The van der Waals surface area contributed by atoms with Gasteiger partial charge in [0.05, 0.1) is 6.10 Å². The number of likely N-dealkylation sites (N-methyl/N-ethyl adjacent to an activating group) is 1. The lowest BCUT2D eigenvalue weighted by Gasteiger charge is -2.32. The molecule has 4 unspecified atom stereocenters. The number of hydrogen-bond acceptors (Lipinski definition) is 2. The fraction of sp³-hybridized carbons (Fsp3) is 0.846. The molecule has 1 aliphatic carbocycles. The maximum atomic E-state index is 10.2. The van der Waals surface area contributed by atoms with Crippen molar-refractivity contribution in [3.05, 3.63) is 11.6 Å². The third-order valence-electron chi connectivity index (χ3n) is 3.35. The monoisotopic (exact) mass is 211 g/mol. The largest absolute Gasteiger partial charge is 0.391 e. The van der Waals surface area contributed by atoms with Crippen molar-refractivity contribution in [3.8, 4) is 0 Å². The summed E-state index contributed by atoms with van der Waals surface area (Å²) in [5.74, 6) is 1.05. The first-order valence-corrected chi connectivity index (χ1v) is 6.13. The van der Waals surface area contributed by atoms with Gasteiger partial charge in [-0.3, -0.25) is 0 Å². The third-order valence-corrected chi connectivity index (χ3v) is 3.35. The molecule has 0 saturated heterocycles. The Hall–Kier alpha value is -0.340. The van der Waals surface area contributed by atoms with E-state index in [1.54, 1.807) is 0 Å². The van der Waals surface area contributed by atoms with E-state index >= 15 is 0 Å². The van der Waals surface area contributed by atoms with E-state index in [0.717, 1.165) is 19.4 Å². The highest BCUT2D eigenvalue weighted by molar-refractivity contribution is 5.07. The maximum absolute atomic E-state index is 10.2. The number of aliphatic hydroxyl groups excluding tert-OH is 1. The van der Waals surface area contributed by atoms with E-state index in [-0.39, 0.29) is 12.1 Å². The van der Waals surface area contributed by atoms with Gasteiger partial charge < -0.3 is 10.4 Å². The summed E-state index contributed by atoms with van der Waals surface area (Å²) in [6.45, 7) is 9.49. The second kappa shape index (κ2) is 5.66. The zero-order chi connectivity index (χ0) is 11.4. The summed E-state index contributed by atoms with van der Waals surface area (Å²) in [6.07, 6.45) is 4.30. The molecule has 0 aromatic heterocycles. The molecule has 2 heteroatoms. The predicted molar refractivity (Wildman–Crippen MR) is 64.8 cm³/mol. The molecule has 0 fully saturated rings. The van der Waals surface area contributed by atoms with Gasteiger partial charge in [-0.05, 0) is 45.1 Å². The first-order valence-electron chi connectivity index (χ1n) is 6.13. The fourth-order valence-electron chi connectivity index (χ4n) is 2.71. The van der Waals surface area contributed by atoms with Gasteiger partial charge in [0.25, 0.3) is 0 Å². The van der Waals surface area contributed by atoms with Crippen LogP contribution in [0.25, 0.3) is 0 Å². The summed E-state index contributed by atoms with van der Waals surface area (Å²) < 4.78 is 0. The molecule has 0 heterocycles. The van der Waals surface area contributed by atoms with Crippen LogP contribution in [-0.2, 0) is 0 Å². The van der Waals surface area contributed by atoms with Crippen LogP contribution < -0.4 is 5.32 Å². The van der Waals surface area contributed by atoms with Gasteiger partial charge in [-0.15, -0.1) is 0 Å². The maximum Gasteiger partial charge on any atom is 0.0721 e. The minimum atomic E-state index is -0.212. The van der Waals surface area contributed by atoms with Crippen molar-refractivity contribution in [3.63, 3.8) is 0 Å². The Morgan fingerprint density at radius 1 is 1.60 bits per heavy atom. The number of aliphatic hydroxyl groups is 1. The van der Waals surface area contributed by atoms with Gasteiger partial charge in [0.1, 0.15) is 0 Å². The van der Waals surface area contributed by atoms with Crippen molar-refractivity contribution in [1.82, 2.24) is 5.32 Å². The zero-order valence-corrected chi connectivity index (χ0v) is 10.5. The van der Waals surface area contributed by atoms with E-state index in [1.807, 2.05) is 0 Å². The van der Waals surface area contributed by atoms with Crippen molar-refractivity contribution >= 4 is 0 Å². The van der Waals surface area contributed by atoms with Crippen molar-refractivity contribution in [2.24, 2.45) is 11.8 Å². The lowest BCUT2D eigenvalue weighted by molar-refractivity contribution is 0.0630. The molecule has 0 saturated carbocycles. The van der Waals surface area contributed by atoms with Crippen LogP contribution in [-0.4, -0.2) is 23.8 Å². The molecule has 0 spiro atoms. The first-order chi connectivity index (χ1) is 7.04. The van der Waals surface area contributed by atoms with Gasteiger partial charge in [-0.25, -0.2) is 0 Å². The molecule has 1 rings (SSSR count). The summed E-state index contributed by atoms with van der Waals surface area (Å²) in [4.78, 5) is 0. The highest BCUT2D eigenvalue weighted by Gasteiger charge is 2.27. The predicted octanol–water partition coefficient (Wildman–Crippen LogP) is 2.34. The summed E-state index contributed by atoms with van der Waals surface area (Å²) in [7, 11) is 0. The van der Waals surface area contributed by atoms with E-state index in [2.05, 4.69) is 39.1 Å². The quantitative estimate of drug-likeness (QED) is 0.700. The highest BCUT2D eigenvalue weighted by Crippen LogP contribution is 2.31. The first kappa shape index (κ1) is 12.7. The molecule has 88 valence electrons. The van der Waals surface area contributed by atoms with Crippen LogP contribution in [0.5, 0.6) is 0 Å². The van der Waals surface area contributed by atoms with E-state index in [1.165, 1.54) is 5.57 Å². The average molecular weight is 211 g/mol. The van der Waals surface area contributed by atoms with Gasteiger partial charge in [0.15, 0.2) is 0 Å². The molecule has 0 bridgehead atoms. The van der Waals surface area contributed by atoms with Crippen LogP contribution in [0.4, 0.5) is 0 Å². The molecular weight excluding hydrogens is 186 g/mol. The lowest BCUT2D eigenvalue weighted by Crippen LogP contribution is -2.42. The van der Waals surface area contributed by atoms with Crippen LogP contribution >= 0.6 is 0 Å². The third kappa shape index (κ3) is 3.62. The summed E-state index contributed by atoms with van der Waals surface area (Å²) in [6, 6.07) is 0.207. The SMILES string of the molecule is CCNC(C)C(O)C1CC(C)=CC(C)C1. The molecule has 0 amide bonds. The zero-order valence-electron chi connectivity index (χ0n) is 10.5. The Morgan fingerprint density at radius 3 is 2.80 bits per heavy atom. The second-order valence-electron chi connectivity index (χ2n) is 5.03. The Morgan fingerprint density at radius 2 is 2.27 bits per heavy atom. The minimum Gasteiger partial charge on any atom is -0.391 e. The van der Waals surface area contributed by atoms with Crippen LogP contribution in [0.2, 0.25) is 0 Å². The van der Waals surface area contributed by atoms with Gasteiger partial charge >= 0.3 is 0 Å². The Balaban J connectivity index is 2.53. The summed E-state index contributed by atoms with van der Waals surface area (Å²) >= 11 is 0. The molecule has 0 aliphatic heterocycles. The van der Waals surface area contributed by atoms with E-state index in [0.29, 0.717) is 11.8 Å². The molecule has 15 heavy (non-hydrogen) atoms. The van der Waals surface area contributed by atoms with Crippen LogP contribution in [0, 0.1) is 11.8 Å². The second-order valence-corrected chi connectivity index (χ2v) is 5.03. The smallest absolute Gasteiger partial charge is 0.0721 e. The topological polar surface area (TPSA) is 32.3 Å². The molecule has 0 aromatic rings. The van der Waals surface area contributed by atoms with Gasteiger partial charge in [0, 0.05) is 6.04 Å². The molecule has 2 nitrogen and oxygen atoms in total. The molecule has 1 aliphatic rings. The average Bonchev–Trinajstić information content (AvgIpc) is 2.15. The summed E-state index contributed by atoms with van der Waals surface area (Å²) in [5, 5.41) is 13.5. The Labute approximate surface area is 93.8 Å². The summed E-state index contributed by atoms with van der Waals surface area (Å²) in [5.41, 5.74) is 1.43. The van der Waals surface area contributed by atoms with Crippen molar-refractivity contribution in [2.75, 3.05) is 6.54 Å². The van der Waals surface area contributed by atoms with Gasteiger partial charge in [-0.2, -0.15) is 0 Å². The van der Waals surface area contributed by atoms with Gasteiger partial charge in [0.2, 0.25) is 0 Å². The Kier molecular flexibility index (Phi) is 4.81. The molecule has 0 radical (unpaired) electrons. The number of allylic oxidation sites excluding steroid dienone is 2. The minimum absolute atomic E-state index is 0.207. The number of rotatable bonds is 4. The molecular formula is C13H25NO. The van der Waals surface area contributed by atoms with Gasteiger partial charge in [-0.1, -0.05) is 25.5 Å². The molecule has 4 atom stereocenters. The van der Waals surface area contributed by atoms with Crippen molar-refractivity contribution in [1.29, 1.82) is 0 Å². The molecule has 2 N–H and O–H groups in total. The normalized spacial score (nSPS) is 30.9. The van der Waals surface area contributed by atoms with Crippen molar-refractivity contribution < 1.29 is 5.11 Å². The van der Waals surface area contributed by atoms with E-state index < -0.39 is 0 Å². The van der Waals surface area contributed by atoms with Crippen LogP contribution in [0.15, 0.2) is 11.6 Å². The van der Waals surface area contributed by atoms with Crippen LogP contribution in [0.3, 0.4) is 0 Å². The highest BCUT2D eigenvalue weighted by atomic mass is 16.3. The number of hydrogen-bond donors (Lipinski definition) is 2. The molecule has 0 aromatic carbocycles. The van der Waals surface area contributed by atoms with E-state index in [9.17, 15) is 5.11 Å². The van der Waals surface area contributed by atoms with E-state index in [4.69, 9.17) is 0 Å². The lowest BCUT2D eigenvalue weighted by atomic mass is 9.79. The van der Waals surface area contributed by atoms with Crippen LogP contribution in [0.1, 0.15) is 40.5 Å². The fourth-order valence-corrected chi connectivity index (χ4v) is 2.71. The van der Waals surface area contributed by atoms with Crippen molar-refractivity contribution in [2.45, 2.75) is 52.7 Å². The standard InChI is InChI=1S/C13H25NO/c1-5-14-11(4)13(15)12-7-9(2)6-10(3)8-12/h6,9,11-15H,5,7-8H2,1-4H3.